The van der Waals surface area contributed by atoms with E-state index in [0.29, 0.717) is 0 Å². The van der Waals surface area contributed by atoms with Gasteiger partial charge in [-0.2, -0.15) is 0 Å². The Balaban J connectivity index is 1.94. The quantitative estimate of drug-likeness (QED) is 0.798. The lowest BCUT2D eigenvalue weighted by molar-refractivity contribution is -0.131. The molecule has 0 aromatic carbocycles. The zero-order valence-electron chi connectivity index (χ0n) is 11.8. The fraction of sp³-hybridized carbons (Fsp3) is 0.929. The van der Waals surface area contributed by atoms with Gasteiger partial charge in [-0.3, -0.25) is 4.79 Å². The van der Waals surface area contributed by atoms with Crippen molar-refractivity contribution >= 4 is 5.91 Å². The van der Waals surface area contributed by atoms with Crippen molar-refractivity contribution < 1.29 is 9.53 Å². The first-order valence-corrected chi connectivity index (χ1v) is 7.08. The van der Waals surface area contributed by atoms with Gasteiger partial charge in [0, 0.05) is 26.1 Å². The highest BCUT2D eigenvalue weighted by atomic mass is 16.5. The SMILES string of the molecule is CO[C@H]1CNCC1NC(=O)C1CCCCC1(C)C. The van der Waals surface area contributed by atoms with Crippen LogP contribution in [-0.2, 0) is 9.53 Å². The molecule has 4 nitrogen and oxygen atoms in total. The van der Waals surface area contributed by atoms with Crippen LogP contribution in [0.3, 0.4) is 0 Å². The molecule has 4 heteroatoms. The first-order chi connectivity index (χ1) is 8.54. The third kappa shape index (κ3) is 2.86. The first-order valence-electron chi connectivity index (χ1n) is 7.08. The Kier molecular flexibility index (Phi) is 4.28. The topological polar surface area (TPSA) is 50.4 Å². The van der Waals surface area contributed by atoms with Gasteiger partial charge in [0.25, 0.3) is 0 Å². The lowest BCUT2D eigenvalue weighted by Gasteiger charge is -2.38. The fourth-order valence-corrected chi connectivity index (χ4v) is 3.31. The van der Waals surface area contributed by atoms with Crippen LogP contribution in [-0.4, -0.2) is 38.3 Å². The van der Waals surface area contributed by atoms with Gasteiger partial charge in [0.15, 0.2) is 0 Å². The second-order valence-electron chi connectivity index (χ2n) is 6.33. The van der Waals surface area contributed by atoms with Gasteiger partial charge in [0.2, 0.25) is 5.91 Å². The number of hydrogen-bond acceptors (Lipinski definition) is 3. The van der Waals surface area contributed by atoms with Crippen LogP contribution in [0.4, 0.5) is 0 Å². The van der Waals surface area contributed by atoms with Crippen LogP contribution in [0.15, 0.2) is 0 Å². The minimum atomic E-state index is 0.112. The lowest BCUT2D eigenvalue weighted by Crippen LogP contribution is -2.49. The molecule has 1 aliphatic carbocycles. The van der Waals surface area contributed by atoms with Crippen molar-refractivity contribution in [2.24, 2.45) is 11.3 Å². The summed E-state index contributed by atoms with van der Waals surface area (Å²) in [6.45, 7) is 6.08. The number of carbonyl (C=O) groups is 1. The number of carbonyl (C=O) groups excluding carboxylic acids is 1. The molecule has 2 rings (SSSR count). The molecule has 2 fully saturated rings. The monoisotopic (exact) mass is 254 g/mol. The second kappa shape index (κ2) is 5.57. The molecule has 0 spiro atoms. The van der Waals surface area contributed by atoms with Gasteiger partial charge < -0.3 is 15.4 Å². The highest BCUT2D eigenvalue weighted by Crippen LogP contribution is 2.40. The molecule has 1 saturated heterocycles. The van der Waals surface area contributed by atoms with E-state index < -0.39 is 0 Å². The van der Waals surface area contributed by atoms with Crippen molar-refractivity contribution in [1.82, 2.24) is 10.6 Å². The maximum absolute atomic E-state index is 12.4. The lowest BCUT2D eigenvalue weighted by atomic mass is 9.68. The molecule has 2 unspecified atom stereocenters. The molecule has 2 aliphatic rings. The number of methoxy groups -OCH3 is 1. The van der Waals surface area contributed by atoms with E-state index in [1.165, 1.54) is 12.8 Å². The number of amides is 1. The van der Waals surface area contributed by atoms with Crippen LogP contribution in [0.25, 0.3) is 0 Å². The predicted molar refractivity (Wildman–Crippen MR) is 71.3 cm³/mol. The molecule has 104 valence electrons. The van der Waals surface area contributed by atoms with Crippen LogP contribution in [0.2, 0.25) is 0 Å². The largest absolute Gasteiger partial charge is 0.378 e. The number of ether oxygens (including phenoxy) is 1. The van der Waals surface area contributed by atoms with E-state index in [0.717, 1.165) is 25.9 Å². The van der Waals surface area contributed by atoms with Gasteiger partial charge >= 0.3 is 0 Å². The van der Waals surface area contributed by atoms with Crippen molar-refractivity contribution in [3.63, 3.8) is 0 Å². The number of rotatable bonds is 3. The Bertz CT molecular complexity index is 304. The van der Waals surface area contributed by atoms with Gasteiger partial charge in [-0.05, 0) is 18.3 Å². The van der Waals surface area contributed by atoms with Crippen LogP contribution in [0.1, 0.15) is 39.5 Å². The normalized spacial score (nSPS) is 35.4. The summed E-state index contributed by atoms with van der Waals surface area (Å²) in [7, 11) is 1.71. The standard InChI is InChI=1S/C14H26N2O2/c1-14(2)7-5-4-6-10(14)13(17)16-11-8-15-9-12(11)18-3/h10-12,15H,4-9H2,1-3H3,(H,16,17)/t10?,11?,12-/m0/s1. The number of nitrogens with one attached hydrogen (secondary N) is 2. The molecule has 18 heavy (non-hydrogen) atoms. The molecule has 0 aromatic rings. The van der Waals surface area contributed by atoms with Crippen molar-refractivity contribution in [2.45, 2.75) is 51.7 Å². The Morgan fingerprint density at radius 1 is 1.33 bits per heavy atom. The second-order valence-corrected chi connectivity index (χ2v) is 6.33. The summed E-state index contributed by atoms with van der Waals surface area (Å²) in [5.74, 6) is 0.375. The summed E-state index contributed by atoms with van der Waals surface area (Å²) in [5, 5.41) is 6.44. The maximum atomic E-state index is 12.4. The van der Waals surface area contributed by atoms with Gasteiger partial charge in [-0.25, -0.2) is 0 Å². The van der Waals surface area contributed by atoms with Crippen molar-refractivity contribution in [3.8, 4) is 0 Å². The number of hydrogen-bond donors (Lipinski definition) is 2. The summed E-state index contributed by atoms with van der Waals surface area (Å²) < 4.78 is 5.39. The van der Waals surface area contributed by atoms with E-state index in [1.807, 2.05) is 0 Å². The fourth-order valence-electron chi connectivity index (χ4n) is 3.31. The van der Waals surface area contributed by atoms with Crippen molar-refractivity contribution in [1.29, 1.82) is 0 Å². The Morgan fingerprint density at radius 2 is 2.11 bits per heavy atom. The molecule has 1 aliphatic heterocycles. The molecule has 3 atom stereocenters. The maximum Gasteiger partial charge on any atom is 0.224 e. The molecule has 0 aromatic heterocycles. The highest BCUT2D eigenvalue weighted by molar-refractivity contribution is 5.80. The van der Waals surface area contributed by atoms with Crippen molar-refractivity contribution in [2.75, 3.05) is 20.2 Å². The van der Waals surface area contributed by atoms with Gasteiger partial charge in [-0.15, -0.1) is 0 Å². The first kappa shape index (κ1) is 13.8. The van der Waals surface area contributed by atoms with E-state index in [9.17, 15) is 4.79 Å². The van der Waals surface area contributed by atoms with Gasteiger partial charge in [0.05, 0.1) is 12.1 Å². The molecule has 1 saturated carbocycles. The average molecular weight is 254 g/mol. The Labute approximate surface area is 110 Å². The molecule has 0 radical (unpaired) electrons. The van der Waals surface area contributed by atoms with Crippen LogP contribution < -0.4 is 10.6 Å². The average Bonchev–Trinajstić information content (AvgIpc) is 2.75. The van der Waals surface area contributed by atoms with Crippen LogP contribution in [0, 0.1) is 11.3 Å². The van der Waals surface area contributed by atoms with E-state index in [1.54, 1.807) is 7.11 Å². The van der Waals surface area contributed by atoms with Crippen LogP contribution in [0.5, 0.6) is 0 Å². The van der Waals surface area contributed by atoms with E-state index in [-0.39, 0.29) is 29.4 Å². The molecule has 1 heterocycles. The molecular weight excluding hydrogens is 228 g/mol. The van der Waals surface area contributed by atoms with E-state index in [2.05, 4.69) is 24.5 Å². The summed E-state index contributed by atoms with van der Waals surface area (Å²) in [6.07, 6.45) is 4.72. The minimum Gasteiger partial charge on any atom is -0.378 e. The van der Waals surface area contributed by atoms with Gasteiger partial charge in [0.1, 0.15) is 0 Å². The smallest absolute Gasteiger partial charge is 0.224 e. The molecule has 2 N–H and O–H groups in total. The van der Waals surface area contributed by atoms with E-state index >= 15 is 0 Å². The Morgan fingerprint density at radius 3 is 2.78 bits per heavy atom. The summed E-state index contributed by atoms with van der Waals surface area (Å²) >= 11 is 0. The summed E-state index contributed by atoms with van der Waals surface area (Å²) in [6, 6.07) is 0.125. The van der Waals surface area contributed by atoms with Crippen LogP contribution >= 0.6 is 0 Å². The van der Waals surface area contributed by atoms with Crippen molar-refractivity contribution in [3.05, 3.63) is 0 Å². The zero-order valence-corrected chi connectivity index (χ0v) is 11.8. The highest BCUT2D eigenvalue weighted by Gasteiger charge is 2.39. The van der Waals surface area contributed by atoms with Gasteiger partial charge in [-0.1, -0.05) is 26.7 Å². The molecule has 1 amide bonds. The molecular formula is C14H26N2O2. The minimum absolute atomic E-state index is 0.112. The summed E-state index contributed by atoms with van der Waals surface area (Å²) in [5.41, 5.74) is 0.136. The molecule has 0 bridgehead atoms. The summed E-state index contributed by atoms with van der Waals surface area (Å²) in [4.78, 5) is 12.4. The third-order valence-corrected chi connectivity index (χ3v) is 4.61. The Hall–Kier alpha value is -0.610. The van der Waals surface area contributed by atoms with E-state index in [4.69, 9.17) is 4.74 Å². The zero-order chi connectivity index (χ0) is 13.2. The third-order valence-electron chi connectivity index (χ3n) is 4.61. The predicted octanol–water partition coefficient (Wildman–Crippen LogP) is 1.31.